The van der Waals surface area contributed by atoms with Gasteiger partial charge in [0.25, 0.3) is 0 Å². The molecular weight excluding hydrogens is 408 g/mol. The Labute approximate surface area is 155 Å². The summed E-state index contributed by atoms with van der Waals surface area (Å²) in [7, 11) is 3.38. The van der Waals surface area contributed by atoms with Crippen molar-refractivity contribution in [2.24, 2.45) is 10.9 Å². The molecule has 1 aromatic rings. The zero-order valence-corrected chi connectivity index (χ0v) is 16.5. The molecule has 1 N–H and O–H groups in total. The third-order valence-corrected chi connectivity index (χ3v) is 4.16. The first-order valence-electron chi connectivity index (χ1n) is 7.86. The van der Waals surface area contributed by atoms with Gasteiger partial charge in [-0.15, -0.1) is 24.0 Å². The molecule has 6 heteroatoms. The first-order valence-corrected chi connectivity index (χ1v) is 7.86. The molecule has 1 heterocycles. The van der Waals surface area contributed by atoms with Crippen LogP contribution in [0.3, 0.4) is 0 Å². The molecule has 0 aromatic heterocycles. The molecule has 0 bridgehead atoms. The van der Waals surface area contributed by atoms with Gasteiger partial charge in [-0.1, -0.05) is 13.0 Å². The number of hydrogen-bond acceptors (Lipinski definition) is 2. The standard InChI is InChI=1S/C17H26FN3O.HI/c1-13-6-8-21(9-7-13)17(19-2)20-11-14-4-5-16(18)15(10-14)12-22-3;/h4-5,10,13H,6-9,11-12H2,1-3H3,(H,19,20);1H. The molecule has 0 atom stereocenters. The van der Waals surface area contributed by atoms with Crippen molar-refractivity contribution in [2.45, 2.75) is 32.9 Å². The number of nitrogens with zero attached hydrogens (tertiary/aromatic N) is 2. The lowest BCUT2D eigenvalue weighted by molar-refractivity contribution is 0.181. The first-order chi connectivity index (χ1) is 10.6. The highest BCUT2D eigenvalue weighted by Crippen LogP contribution is 2.16. The zero-order valence-electron chi connectivity index (χ0n) is 14.1. The predicted octanol–water partition coefficient (Wildman–Crippen LogP) is 3.40. The summed E-state index contributed by atoms with van der Waals surface area (Å²) in [4.78, 5) is 6.65. The molecule has 1 aliphatic rings. The van der Waals surface area contributed by atoms with Crippen molar-refractivity contribution in [2.75, 3.05) is 27.2 Å². The van der Waals surface area contributed by atoms with E-state index in [9.17, 15) is 4.39 Å². The largest absolute Gasteiger partial charge is 0.380 e. The molecule has 0 unspecified atom stereocenters. The van der Waals surface area contributed by atoms with Crippen molar-refractivity contribution in [3.05, 3.63) is 35.1 Å². The summed E-state index contributed by atoms with van der Waals surface area (Å²) in [6.45, 7) is 5.30. The Morgan fingerprint density at radius 2 is 2.09 bits per heavy atom. The molecule has 2 rings (SSSR count). The van der Waals surface area contributed by atoms with Gasteiger partial charge < -0.3 is 15.0 Å². The fourth-order valence-corrected chi connectivity index (χ4v) is 2.74. The van der Waals surface area contributed by atoms with Crippen LogP contribution in [0, 0.1) is 11.7 Å². The fraction of sp³-hybridized carbons (Fsp3) is 0.588. The van der Waals surface area contributed by atoms with E-state index in [1.165, 1.54) is 18.9 Å². The maximum Gasteiger partial charge on any atom is 0.193 e. The molecule has 4 nitrogen and oxygen atoms in total. The van der Waals surface area contributed by atoms with E-state index in [-0.39, 0.29) is 29.8 Å². The number of halogens is 2. The van der Waals surface area contributed by atoms with Gasteiger partial charge in [0.15, 0.2) is 5.96 Å². The van der Waals surface area contributed by atoms with Gasteiger partial charge in [0.1, 0.15) is 5.82 Å². The number of nitrogens with one attached hydrogen (secondary N) is 1. The van der Waals surface area contributed by atoms with E-state index in [2.05, 4.69) is 22.1 Å². The van der Waals surface area contributed by atoms with E-state index in [1.54, 1.807) is 20.2 Å². The van der Waals surface area contributed by atoms with Gasteiger partial charge in [0.05, 0.1) is 6.61 Å². The molecule has 0 spiro atoms. The van der Waals surface area contributed by atoms with E-state index in [4.69, 9.17) is 4.74 Å². The van der Waals surface area contributed by atoms with Crippen LogP contribution in [0.1, 0.15) is 30.9 Å². The summed E-state index contributed by atoms with van der Waals surface area (Å²) >= 11 is 0. The van der Waals surface area contributed by atoms with E-state index < -0.39 is 0 Å². The van der Waals surface area contributed by atoms with Crippen LogP contribution in [0.2, 0.25) is 0 Å². The third-order valence-electron chi connectivity index (χ3n) is 4.16. The quantitative estimate of drug-likeness (QED) is 0.448. The van der Waals surface area contributed by atoms with Gasteiger partial charge in [0, 0.05) is 39.4 Å². The maximum absolute atomic E-state index is 13.6. The number of ether oxygens (including phenoxy) is 1. The van der Waals surface area contributed by atoms with E-state index in [0.717, 1.165) is 30.5 Å². The van der Waals surface area contributed by atoms with Crippen LogP contribution in [0.5, 0.6) is 0 Å². The minimum atomic E-state index is -0.222. The highest BCUT2D eigenvalue weighted by molar-refractivity contribution is 14.0. The summed E-state index contributed by atoms with van der Waals surface area (Å²) in [6.07, 6.45) is 2.41. The van der Waals surface area contributed by atoms with Crippen molar-refractivity contribution in [3.8, 4) is 0 Å². The van der Waals surface area contributed by atoms with Gasteiger partial charge in [0.2, 0.25) is 0 Å². The maximum atomic E-state index is 13.6. The minimum Gasteiger partial charge on any atom is -0.380 e. The van der Waals surface area contributed by atoms with E-state index in [1.807, 2.05) is 6.07 Å². The normalized spacial score (nSPS) is 16.2. The van der Waals surface area contributed by atoms with E-state index in [0.29, 0.717) is 18.7 Å². The number of likely N-dealkylation sites (tertiary alicyclic amines) is 1. The molecule has 0 saturated carbocycles. The lowest BCUT2D eigenvalue weighted by Gasteiger charge is -2.33. The lowest BCUT2D eigenvalue weighted by atomic mass is 9.99. The molecule has 1 aromatic carbocycles. The summed E-state index contributed by atoms with van der Waals surface area (Å²) in [5.41, 5.74) is 1.61. The van der Waals surface area contributed by atoms with Gasteiger partial charge in [-0.3, -0.25) is 4.99 Å². The second kappa shape index (κ2) is 10.1. The Morgan fingerprint density at radius 1 is 1.39 bits per heavy atom. The number of rotatable bonds is 4. The molecule has 1 fully saturated rings. The summed E-state index contributed by atoms with van der Waals surface area (Å²) in [5.74, 6) is 1.49. The Morgan fingerprint density at radius 3 is 2.70 bits per heavy atom. The SMILES string of the molecule is CN=C(NCc1ccc(F)c(COC)c1)N1CCC(C)CC1.I. The number of guanidine groups is 1. The van der Waals surface area contributed by atoms with Crippen molar-refractivity contribution in [3.63, 3.8) is 0 Å². The minimum absolute atomic E-state index is 0. The van der Waals surface area contributed by atoms with Gasteiger partial charge >= 0.3 is 0 Å². The van der Waals surface area contributed by atoms with Crippen molar-refractivity contribution in [1.29, 1.82) is 0 Å². The van der Waals surface area contributed by atoms with Gasteiger partial charge in [-0.2, -0.15) is 0 Å². The molecule has 0 aliphatic carbocycles. The van der Waals surface area contributed by atoms with Crippen LogP contribution in [0.15, 0.2) is 23.2 Å². The second-order valence-electron chi connectivity index (χ2n) is 5.93. The van der Waals surface area contributed by atoms with Gasteiger partial charge in [-0.25, -0.2) is 4.39 Å². The predicted molar refractivity (Wildman–Crippen MR) is 103 cm³/mol. The van der Waals surface area contributed by atoms with Crippen molar-refractivity contribution in [1.82, 2.24) is 10.2 Å². The number of methoxy groups -OCH3 is 1. The average Bonchev–Trinajstić information content (AvgIpc) is 2.52. The van der Waals surface area contributed by atoms with Gasteiger partial charge in [-0.05, 0) is 36.5 Å². The average molecular weight is 435 g/mol. The fourth-order valence-electron chi connectivity index (χ4n) is 2.74. The second-order valence-corrected chi connectivity index (χ2v) is 5.93. The van der Waals surface area contributed by atoms with Crippen LogP contribution < -0.4 is 5.32 Å². The van der Waals surface area contributed by atoms with Crippen LogP contribution in [0.4, 0.5) is 4.39 Å². The van der Waals surface area contributed by atoms with Crippen LogP contribution in [0.25, 0.3) is 0 Å². The molecule has 0 radical (unpaired) electrons. The highest BCUT2D eigenvalue weighted by atomic mass is 127. The summed E-state index contributed by atoms with van der Waals surface area (Å²) in [5, 5.41) is 3.37. The Balaban J connectivity index is 0.00000264. The van der Waals surface area contributed by atoms with Crippen molar-refractivity contribution >= 4 is 29.9 Å². The van der Waals surface area contributed by atoms with Crippen molar-refractivity contribution < 1.29 is 9.13 Å². The first kappa shape index (κ1) is 20.2. The van der Waals surface area contributed by atoms with Crippen LogP contribution in [-0.2, 0) is 17.9 Å². The Kier molecular flexibility index (Phi) is 8.83. The molecule has 23 heavy (non-hydrogen) atoms. The summed E-state index contributed by atoms with van der Waals surface area (Å²) in [6, 6.07) is 5.14. The highest BCUT2D eigenvalue weighted by Gasteiger charge is 2.18. The monoisotopic (exact) mass is 435 g/mol. The Bertz CT molecular complexity index is 517. The molecular formula is C17H27FIN3O. The number of piperidine rings is 1. The zero-order chi connectivity index (χ0) is 15.9. The van der Waals surface area contributed by atoms with E-state index >= 15 is 0 Å². The molecule has 1 aliphatic heterocycles. The lowest BCUT2D eigenvalue weighted by Crippen LogP contribution is -2.45. The topological polar surface area (TPSA) is 36.9 Å². The Hall–Kier alpha value is -0.890. The number of hydrogen-bond donors (Lipinski definition) is 1. The molecule has 0 amide bonds. The number of aliphatic imine (C=N–C) groups is 1. The number of benzene rings is 1. The summed E-state index contributed by atoms with van der Waals surface area (Å²) < 4.78 is 18.6. The third kappa shape index (κ3) is 5.91. The smallest absolute Gasteiger partial charge is 0.193 e. The van der Waals surface area contributed by atoms with Crippen LogP contribution >= 0.6 is 24.0 Å². The molecule has 1 saturated heterocycles. The molecule has 130 valence electrons. The van der Waals surface area contributed by atoms with Crippen LogP contribution in [-0.4, -0.2) is 38.1 Å².